The van der Waals surface area contributed by atoms with Gasteiger partial charge in [0.15, 0.2) is 0 Å². The zero-order valence-electron chi connectivity index (χ0n) is 15.3. The summed E-state index contributed by atoms with van der Waals surface area (Å²) in [5.74, 6) is -0.159. The maximum atomic E-state index is 13.0. The van der Waals surface area contributed by atoms with Crippen LogP contribution >= 0.6 is 12.4 Å². The standard InChI is InChI=1S/C18H27N3O3S.ClH/c1-14-15(2)21(12-10-19-14)18(22)16-7-6-11-20(13-16)25(23,24)17-8-4-3-5-9-17;/h3-5,8-9,14-16,19H,6-7,10-13H2,1-2H3;1H. The largest absolute Gasteiger partial charge is 0.337 e. The molecule has 1 amide bonds. The third-order valence-corrected chi connectivity index (χ3v) is 7.31. The number of piperidine rings is 1. The molecule has 0 saturated carbocycles. The van der Waals surface area contributed by atoms with Crippen molar-refractivity contribution in [3.05, 3.63) is 30.3 Å². The van der Waals surface area contributed by atoms with Crippen LogP contribution in [0.2, 0.25) is 0 Å². The third kappa shape index (κ3) is 4.22. The van der Waals surface area contributed by atoms with E-state index in [4.69, 9.17) is 0 Å². The first kappa shape index (κ1) is 21.2. The molecular weight excluding hydrogens is 374 g/mol. The minimum absolute atomic E-state index is 0. The highest BCUT2D eigenvalue weighted by molar-refractivity contribution is 7.89. The zero-order valence-corrected chi connectivity index (χ0v) is 16.9. The number of amides is 1. The molecule has 1 N–H and O–H groups in total. The Kier molecular flexibility index (Phi) is 7.07. The lowest BCUT2D eigenvalue weighted by Crippen LogP contribution is -2.59. The van der Waals surface area contributed by atoms with Gasteiger partial charge in [-0.25, -0.2) is 8.42 Å². The van der Waals surface area contributed by atoms with Crippen molar-refractivity contribution in [3.8, 4) is 0 Å². The molecule has 6 nitrogen and oxygen atoms in total. The van der Waals surface area contributed by atoms with Crippen LogP contribution in [0, 0.1) is 5.92 Å². The average Bonchev–Trinajstić information content (AvgIpc) is 2.64. The second-order valence-corrected chi connectivity index (χ2v) is 8.97. The molecule has 3 unspecified atom stereocenters. The predicted molar refractivity (Wildman–Crippen MR) is 104 cm³/mol. The normalized spacial score (nSPS) is 27.6. The molecule has 2 saturated heterocycles. The summed E-state index contributed by atoms with van der Waals surface area (Å²) in [4.78, 5) is 15.2. The Balaban J connectivity index is 0.00000243. The number of nitrogens with one attached hydrogen (secondary N) is 1. The highest BCUT2D eigenvalue weighted by Gasteiger charge is 2.37. The van der Waals surface area contributed by atoms with Gasteiger partial charge in [-0.05, 0) is 38.8 Å². The van der Waals surface area contributed by atoms with E-state index >= 15 is 0 Å². The van der Waals surface area contributed by atoms with Crippen molar-refractivity contribution in [2.45, 2.75) is 43.7 Å². The number of sulfonamides is 1. The van der Waals surface area contributed by atoms with Crippen molar-refractivity contribution in [1.29, 1.82) is 0 Å². The number of halogens is 1. The van der Waals surface area contributed by atoms with E-state index in [0.717, 1.165) is 19.4 Å². The van der Waals surface area contributed by atoms with Gasteiger partial charge in [0.1, 0.15) is 0 Å². The Morgan fingerprint density at radius 3 is 2.54 bits per heavy atom. The van der Waals surface area contributed by atoms with E-state index < -0.39 is 10.0 Å². The van der Waals surface area contributed by atoms with Gasteiger partial charge in [-0.1, -0.05) is 18.2 Å². The van der Waals surface area contributed by atoms with Gasteiger partial charge < -0.3 is 10.2 Å². The summed E-state index contributed by atoms with van der Waals surface area (Å²) in [6, 6.07) is 8.86. The Labute approximate surface area is 162 Å². The highest BCUT2D eigenvalue weighted by Crippen LogP contribution is 2.26. The summed E-state index contributed by atoms with van der Waals surface area (Å²) in [7, 11) is -3.53. The first-order valence-corrected chi connectivity index (χ1v) is 10.4. The molecule has 0 bridgehead atoms. The maximum absolute atomic E-state index is 13.0. The summed E-state index contributed by atoms with van der Waals surface area (Å²) in [6.45, 7) is 6.37. The lowest BCUT2D eigenvalue weighted by Gasteiger charge is -2.42. The number of hydrogen-bond acceptors (Lipinski definition) is 4. The number of benzene rings is 1. The molecule has 8 heteroatoms. The number of carbonyl (C=O) groups excluding carboxylic acids is 1. The van der Waals surface area contributed by atoms with Gasteiger partial charge in [-0.2, -0.15) is 4.31 Å². The second-order valence-electron chi connectivity index (χ2n) is 7.03. The molecule has 2 heterocycles. The number of hydrogen-bond donors (Lipinski definition) is 1. The van der Waals surface area contributed by atoms with Crippen LogP contribution in [0.4, 0.5) is 0 Å². The van der Waals surface area contributed by atoms with Crippen molar-refractivity contribution in [2.24, 2.45) is 5.92 Å². The van der Waals surface area contributed by atoms with E-state index in [-0.39, 0.29) is 42.9 Å². The lowest BCUT2D eigenvalue weighted by molar-refractivity contribution is -0.140. The molecule has 0 radical (unpaired) electrons. The topological polar surface area (TPSA) is 69.7 Å². The molecule has 2 aliphatic rings. The van der Waals surface area contributed by atoms with E-state index in [9.17, 15) is 13.2 Å². The fraction of sp³-hybridized carbons (Fsp3) is 0.611. The fourth-order valence-electron chi connectivity index (χ4n) is 3.71. The first-order chi connectivity index (χ1) is 11.9. The van der Waals surface area contributed by atoms with Gasteiger partial charge >= 0.3 is 0 Å². The Morgan fingerprint density at radius 1 is 1.15 bits per heavy atom. The Hall–Kier alpha value is -1.15. The van der Waals surface area contributed by atoms with Gasteiger partial charge in [0.05, 0.1) is 10.8 Å². The zero-order chi connectivity index (χ0) is 18.0. The maximum Gasteiger partial charge on any atom is 0.243 e. The van der Waals surface area contributed by atoms with E-state index in [1.54, 1.807) is 30.3 Å². The van der Waals surface area contributed by atoms with Crippen LogP contribution in [-0.4, -0.2) is 61.8 Å². The van der Waals surface area contributed by atoms with Gasteiger partial charge in [0, 0.05) is 38.3 Å². The van der Waals surface area contributed by atoms with Crippen LogP contribution in [0.25, 0.3) is 0 Å². The Morgan fingerprint density at radius 2 is 1.85 bits per heavy atom. The summed E-state index contributed by atoms with van der Waals surface area (Å²) < 4.78 is 27.2. The van der Waals surface area contributed by atoms with Crippen LogP contribution in [0.3, 0.4) is 0 Å². The lowest BCUT2D eigenvalue weighted by atomic mass is 9.96. The van der Waals surface area contributed by atoms with Crippen LogP contribution in [-0.2, 0) is 14.8 Å². The van der Waals surface area contributed by atoms with Gasteiger partial charge in [0.25, 0.3) is 0 Å². The molecule has 0 spiro atoms. The summed E-state index contributed by atoms with van der Waals surface area (Å²) in [5, 5.41) is 3.37. The average molecular weight is 402 g/mol. The quantitative estimate of drug-likeness (QED) is 0.837. The van der Waals surface area contributed by atoms with Crippen molar-refractivity contribution in [1.82, 2.24) is 14.5 Å². The number of nitrogens with zero attached hydrogens (tertiary/aromatic N) is 2. The van der Waals surface area contributed by atoms with Crippen LogP contribution < -0.4 is 5.32 Å². The van der Waals surface area contributed by atoms with Gasteiger partial charge in [-0.3, -0.25) is 4.79 Å². The second kappa shape index (κ2) is 8.69. The highest BCUT2D eigenvalue weighted by atomic mass is 35.5. The monoisotopic (exact) mass is 401 g/mol. The molecule has 26 heavy (non-hydrogen) atoms. The molecule has 0 aromatic heterocycles. The number of rotatable bonds is 3. The van der Waals surface area contributed by atoms with Crippen molar-refractivity contribution in [3.63, 3.8) is 0 Å². The summed E-state index contributed by atoms with van der Waals surface area (Å²) in [5.41, 5.74) is 0. The fourth-order valence-corrected chi connectivity index (χ4v) is 5.25. The minimum Gasteiger partial charge on any atom is -0.337 e. The Bertz CT molecular complexity index is 714. The minimum atomic E-state index is -3.53. The SMILES string of the molecule is CC1NCCN(C(=O)C2CCCN(S(=O)(=O)c3ccccc3)C2)C1C.Cl. The van der Waals surface area contributed by atoms with Gasteiger partial charge in [-0.15, -0.1) is 12.4 Å². The summed E-state index contributed by atoms with van der Waals surface area (Å²) in [6.07, 6.45) is 1.48. The molecule has 2 aliphatic heterocycles. The molecule has 146 valence electrons. The smallest absolute Gasteiger partial charge is 0.243 e. The first-order valence-electron chi connectivity index (χ1n) is 9.00. The van der Waals surface area contributed by atoms with Crippen LogP contribution in [0.5, 0.6) is 0 Å². The van der Waals surface area contributed by atoms with E-state index in [1.165, 1.54) is 4.31 Å². The van der Waals surface area contributed by atoms with Crippen LogP contribution in [0.15, 0.2) is 35.2 Å². The van der Waals surface area contributed by atoms with Gasteiger partial charge in [0.2, 0.25) is 15.9 Å². The number of piperazine rings is 1. The molecule has 2 fully saturated rings. The van der Waals surface area contributed by atoms with E-state index in [0.29, 0.717) is 18.0 Å². The summed E-state index contributed by atoms with van der Waals surface area (Å²) >= 11 is 0. The molecule has 0 aliphatic carbocycles. The van der Waals surface area contributed by atoms with Crippen molar-refractivity contribution in [2.75, 3.05) is 26.2 Å². The van der Waals surface area contributed by atoms with Crippen molar-refractivity contribution >= 4 is 28.3 Å². The molecular formula is C18H28ClN3O3S. The third-order valence-electron chi connectivity index (χ3n) is 5.43. The van der Waals surface area contributed by atoms with Crippen LogP contribution in [0.1, 0.15) is 26.7 Å². The van der Waals surface area contributed by atoms with Crippen molar-refractivity contribution < 1.29 is 13.2 Å². The molecule has 1 aromatic carbocycles. The molecule has 3 rings (SSSR count). The van der Waals surface area contributed by atoms with E-state index in [1.807, 2.05) is 4.90 Å². The predicted octanol–water partition coefficient (Wildman–Crippen LogP) is 1.72. The molecule has 3 atom stereocenters. The number of carbonyl (C=O) groups is 1. The molecule has 1 aromatic rings. The van der Waals surface area contributed by atoms with E-state index in [2.05, 4.69) is 19.2 Å².